The smallest absolute Gasteiger partial charge is 0.239 e. The van der Waals surface area contributed by atoms with Crippen LogP contribution in [0.3, 0.4) is 0 Å². The van der Waals surface area contributed by atoms with Crippen LogP contribution in [0.1, 0.15) is 11.1 Å². The van der Waals surface area contributed by atoms with Crippen molar-refractivity contribution in [2.75, 3.05) is 10.8 Å². The molecule has 104 valence electrons. The van der Waals surface area contributed by atoms with Gasteiger partial charge in [-0.15, -0.1) is 0 Å². The highest BCUT2D eigenvalue weighted by Gasteiger charge is 2.29. The molecule has 20 heavy (non-hydrogen) atoms. The fourth-order valence-electron chi connectivity index (χ4n) is 2.49. The summed E-state index contributed by atoms with van der Waals surface area (Å²) in [4.78, 5) is 0. The van der Waals surface area contributed by atoms with Crippen LogP contribution in [0, 0.1) is 5.82 Å². The number of para-hydroxylation sites is 1. The second-order valence-electron chi connectivity index (χ2n) is 4.80. The molecule has 0 aliphatic carbocycles. The summed E-state index contributed by atoms with van der Waals surface area (Å²) in [5, 5.41) is 0. The Morgan fingerprint density at radius 3 is 2.55 bits per heavy atom. The third-order valence-corrected chi connectivity index (χ3v) is 5.20. The maximum atomic E-state index is 13.6. The topological polar surface area (TPSA) is 37.4 Å². The zero-order valence-corrected chi connectivity index (χ0v) is 11.6. The number of halogens is 1. The summed E-state index contributed by atoms with van der Waals surface area (Å²) in [5.74, 6) is -0.794. The van der Waals surface area contributed by atoms with E-state index in [1.165, 1.54) is 16.4 Å². The number of benzene rings is 2. The van der Waals surface area contributed by atoms with Gasteiger partial charge >= 0.3 is 0 Å². The summed E-state index contributed by atoms with van der Waals surface area (Å²) >= 11 is 0. The van der Waals surface area contributed by atoms with Crippen molar-refractivity contribution in [1.29, 1.82) is 0 Å². The van der Waals surface area contributed by atoms with E-state index >= 15 is 0 Å². The molecule has 1 aliphatic heterocycles. The summed E-state index contributed by atoms with van der Waals surface area (Å²) in [6, 6.07) is 13.4. The monoisotopic (exact) mass is 291 g/mol. The Kier molecular flexibility index (Phi) is 3.22. The Balaban J connectivity index is 1.93. The molecule has 3 nitrogen and oxygen atoms in total. The highest BCUT2D eigenvalue weighted by Crippen LogP contribution is 2.31. The first kappa shape index (κ1) is 13.1. The molecule has 0 atom stereocenters. The zero-order valence-electron chi connectivity index (χ0n) is 10.8. The minimum Gasteiger partial charge on any atom is -0.269 e. The van der Waals surface area contributed by atoms with Gasteiger partial charge in [0.2, 0.25) is 10.0 Å². The third-order valence-electron chi connectivity index (χ3n) is 3.48. The second kappa shape index (κ2) is 4.90. The van der Waals surface area contributed by atoms with Crippen LogP contribution >= 0.6 is 0 Å². The number of fused-ring (bicyclic) bond motifs is 1. The first-order valence-corrected chi connectivity index (χ1v) is 8.00. The van der Waals surface area contributed by atoms with Crippen molar-refractivity contribution in [2.24, 2.45) is 0 Å². The lowest BCUT2D eigenvalue weighted by atomic mass is 10.2. The van der Waals surface area contributed by atoms with Crippen LogP contribution in [-0.4, -0.2) is 15.0 Å². The second-order valence-corrected chi connectivity index (χ2v) is 6.69. The minimum absolute atomic E-state index is 0.205. The molecule has 0 saturated heterocycles. The van der Waals surface area contributed by atoms with E-state index in [-0.39, 0.29) is 11.3 Å². The summed E-state index contributed by atoms with van der Waals surface area (Å²) < 4.78 is 40.0. The molecule has 2 aromatic carbocycles. The standard InChI is InChI=1S/C15H14FNO2S/c16-14-7-3-1-6-13(14)11-20(18,19)17-10-9-12-5-2-4-8-15(12)17/h1-8H,9-11H2. The Morgan fingerprint density at radius 2 is 1.75 bits per heavy atom. The lowest BCUT2D eigenvalue weighted by Crippen LogP contribution is -2.30. The first-order chi connectivity index (χ1) is 9.58. The van der Waals surface area contributed by atoms with Gasteiger partial charge in [-0.3, -0.25) is 4.31 Å². The molecule has 0 fully saturated rings. The van der Waals surface area contributed by atoms with Crippen LogP contribution in [0.15, 0.2) is 48.5 Å². The van der Waals surface area contributed by atoms with Crippen LogP contribution in [0.25, 0.3) is 0 Å². The van der Waals surface area contributed by atoms with Gasteiger partial charge in [0, 0.05) is 12.1 Å². The van der Waals surface area contributed by atoms with Crippen molar-refractivity contribution >= 4 is 15.7 Å². The fraction of sp³-hybridized carbons (Fsp3) is 0.200. The summed E-state index contributed by atoms with van der Waals surface area (Å²) in [6.07, 6.45) is 0.701. The zero-order chi connectivity index (χ0) is 14.2. The van der Waals surface area contributed by atoms with E-state index in [1.54, 1.807) is 18.2 Å². The average molecular weight is 291 g/mol. The molecular weight excluding hydrogens is 277 g/mol. The van der Waals surface area contributed by atoms with Gasteiger partial charge in [-0.05, 0) is 24.1 Å². The van der Waals surface area contributed by atoms with Gasteiger partial charge in [0.1, 0.15) is 5.82 Å². The Hall–Kier alpha value is -1.88. The highest BCUT2D eigenvalue weighted by atomic mass is 32.2. The Bertz CT molecular complexity index is 743. The molecule has 0 spiro atoms. The van der Waals surface area contributed by atoms with Gasteiger partial charge in [-0.25, -0.2) is 12.8 Å². The number of hydrogen-bond acceptors (Lipinski definition) is 2. The molecule has 2 aromatic rings. The normalized spacial score (nSPS) is 14.3. The van der Waals surface area contributed by atoms with Crippen LogP contribution in [0.5, 0.6) is 0 Å². The molecule has 0 radical (unpaired) electrons. The van der Waals surface area contributed by atoms with Crippen LogP contribution < -0.4 is 4.31 Å². The van der Waals surface area contributed by atoms with Crippen LogP contribution in [-0.2, 0) is 22.2 Å². The molecule has 0 bridgehead atoms. The van der Waals surface area contributed by atoms with Gasteiger partial charge in [0.25, 0.3) is 0 Å². The number of rotatable bonds is 3. The van der Waals surface area contributed by atoms with E-state index in [1.807, 2.05) is 18.2 Å². The maximum absolute atomic E-state index is 13.6. The molecule has 3 rings (SSSR count). The minimum atomic E-state index is -3.56. The van der Waals surface area contributed by atoms with E-state index in [9.17, 15) is 12.8 Å². The molecule has 0 N–H and O–H groups in total. The molecule has 0 saturated carbocycles. The van der Waals surface area contributed by atoms with Crippen molar-refractivity contribution in [3.8, 4) is 0 Å². The van der Waals surface area contributed by atoms with E-state index in [0.29, 0.717) is 18.7 Å². The molecule has 1 aliphatic rings. The van der Waals surface area contributed by atoms with Crippen LogP contribution in [0.4, 0.5) is 10.1 Å². The van der Waals surface area contributed by atoms with Gasteiger partial charge in [-0.2, -0.15) is 0 Å². The molecule has 1 heterocycles. The van der Waals surface area contributed by atoms with Gasteiger partial charge in [0.05, 0.1) is 11.4 Å². The predicted octanol–water partition coefficient (Wildman–Crippen LogP) is 2.72. The van der Waals surface area contributed by atoms with Crippen molar-refractivity contribution in [3.63, 3.8) is 0 Å². The number of anilines is 1. The lowest BCUT2D eigenvalue weighted by Gasteiger charge is -2.19. The van der Waals surface area contributed by atoms with Crippen molar-refractivity contribution in [2.45, 2.75) is 12.2 Å². The van der Waals surface area contributed by atoms with Gasteiger partial charge in [-0.1, -0.05) is 36.4 Å². The van der Waals surface area contributed by atoms with Crippen molar-refractivity contribution < 1.29 is 12.8 Å². The number of hydrogen-bond donors (Lipinski definition) is 0. The van der Waals surface area contributed by atoms with Gasteiger partial charge in [0.15, 0.2) is 0 Å². The summed E-state index contributed by atoms with van der Waals surface area (Å²) in [5.41, 5.74) is 1.94. The lowest BCUT2D eigenvalue weighted by molar-refractivity contribution is 0.584. The van der Waals surface area contributed by atoms with E-state index in [0.717, 1.165) is 5.56 Å². The average Bonchev–Trinajstić information content (AvgIpc) is 2.86. The predicted molar refractivity (Wildman–Crippen MR) is 76.5 cm³/mol. The summed E-state index contributed by atoms with van der Waals surface area (Å²) in [7, 11) is -3.56. The fourth-order valence-corrected chi connectivity index (χ4v) is 4.12. The van der Waals surface area contributed by atoms with Crippen molar-refractivity contribution in [1.82, 2.24) is 0 Å². The van der Waals surface area contributed by atoms with E-state index < -0.39 is 15.8 Å². The van der Waals surface area contributed by atoms with Gasteiger partial charge < -0.3 is 0 Å². The maximum Gasteiger partial charge on any atom is 0.239 e. The molecule has 0 amide bonds. The molecule has 0 aromatic heterocycles. The third kappa shape index (κ3) is 2.29. The van der Waals surface area contributed by atoms with Crippen molar-refractivity contribution in [3.05, 3.63) is 65.5 Å². The Morgan fingerprint density at radius 1 is 1.05 bits per heavy atom. The van der Waals surface area contributed by atoms with Crippen LogP contribution in [0.2, 0.25) is 0 Å². The Labute approximate surface area is 117 Å². The van der Waals surface area contributed by atoms with E-state index in [4.69, 9.17) is 0 Å². The SMILES string of the molecule is O=S(=O)(Cc1ccccc1F)N1CCc2ccccc21. The molecule has 5 heteroatoms. The molecule has 0 unspecified atom stereocenters. The number of nitrogens with zero attached hydrogens (tertiary/aromatic N) is 1. The highest BCUT2D eigenvalue weighted by molar-refractivity contribution is 7.92. The van der Waals surface area contributed by atoms with E-state index in [2.05, 4.69) is 0 Å². The summed E-state index contributed by atoms with van der Waals surface area (Å²) in [6.45, 7) is 0.427. The number of sulfonamides is 1. The largest absolute Gasteiger partial charge is 0.269 e. The quantitative estimate of drug-likeness (QED) is 0.872. The first-order valence-electron chi connectivity index (χ1n) is 6.40. The molecular formula is C15H14FNO2S.